The minimum absolute atomic E-state index is 0.00322. The molecule has 1 heterocycles. The molecule has 4 rings (SSSR count). The maximum atomic E-state index is 13.4. The molecule has 6 nitrogen and oxygen atoms in total. The highest BCUT2D eigenvalue weighted by Crippen LogP contribution is 2.20. The molecule has 0 unspecified atom stereocenters. The molecular weight excluding hydrogens is 390 g/mol. The van der Waals surface area contributed by atoms with E-state index in [4.69, 9.17) is 5.73 Å². The summed E-state index contributed by atoms with van der Waals surface area (Å²) >= 11 is 0. The van der Waals surface area contributed by atoms with Crippen molar-refractivity contribution in [3.05, 3.63) is 95.2 Å². The first-order valence-corrected chi connectivity index (χ1v) is 9.03. The molecule has 8 heteroatoms. The first-order valence-electron chi connectivity index (χ1n) is 9.03. The van der Waals surface area contributed by atoms with E-state index in [0.717, 1.165) is 23.2 Å². The third-order valence-corrected chi connectivity index (χ3v) is 4.59. The molecule has 0 bridgehead atoms. The van der Waals surface area contributed by atoms with Gasteiger partial charge in [0.25, 0.3) is 11.8 Å². The monoisotopic (exact) mass is 406 g/mol. The van der Waals surface area contributed by atoms with Crippen molar-refractivity contribution in [1.29, 1.82) is 0 Å². The van der Waals surface area contributed by atoms with E-state index in [-0.39, 0.29) is 11.3 Å². The van der Waals surface area contributed by atoms with E-state index in [0.29, 0.717) is 17.6 Å². The van der Waals surface area contributed by atoms with Gasteiger partial charge in [0, 0.05) is 16.6 Å². The highest BCUT2D eigenvalue weighted by atomic mass is 19.2. The summed E-state index contributed by atoms with van der Waals surface area (Å²) in [5, 5.41) is 7.64. The zero-order valence-corrected chi connectivity index (χ0v) is 15.6. The average molecular weight is 406 g/mol. The number of nitrogens with one attached hydrogen (secondary N) is 1. The van der Waals surface area contributed by atoms with Crippen LogP contribution in [-0.2, 0) is 6.54 Å². The second kappa shape index (κ2) is 7.75. The maximum absolute atomic E-state index is 13.4. The maximum Gasteiger partial charge on any atom is 0.269 e. The van der Waals surface area contributed by atoms with E-state index in [1.54, 1.807) is 35.0 Å². The lowest BCUT2D eigenvalue weighted by Crippen LogP contribution is -2.13. The molecule has 3 aromatic carbocycles. The number of anilines is 1. The smallest absolute Gasteiger partial charge is 0.269 e. The molecule has 0 fully saturated rings. The SMILES string of the molecule is NC(=O)c1nn(Cc2cccc(NC(=O)c3ccc(F)c(F)c3)c2)c2ccccc12. The second-order valence-corrected chi connectivity index (χ2v) is 6.67. The fourth-order valence-electron chi connectivity index (χ4n) is 3.19. The van der Waals surface area contributed by atoms with Crippen LogP contribution in [0, 0.1) is 11.6 Å². The summed E-state index contributed by atoms with van der Waals surface area (Å²) in [5.41, 5.74) is 7.66. The average Bonchev–Trinajstić information content (AvgIpc) is 3.09. The van der Waals surface area contributed by atoms with Gasteiger partial charge in [0.2, 0.25) is 0 Å². The van der Waals surface area contributed by atoms with Crippen LogP contribution in [0.4, 0.5) is 14.5 Å². The molecule has 150 valence electrons. The van der Waals surface area contributed by atoms with Crippen LogP contribution in [-0.4, -0.2) is 21.6 Å². The Morgan fingerprint density at radius 2 is 1.77 bits per heavy atom. The fraction of sp³-hybridized carbons (Fsp3) is 0.0455. The standard InChI is InChI=1S/C22H16F2N4O2/c23-17-9-8-14(11-18(17)24)22(30)26-15-5-3-4-13(10-15)12-28-19-7-2-1-6-16(19)20(27-28)21(25)29/h1-11H,12H2,(H2,25,29)(H,26,30). The molecule has 0 radical (unpaired) electrons. The summed E-state index contributed by atoms with van der Waals surface area (Å²) in [4.78, 5) is 24.0. The summed E-state index contributed by atoms with van der Waals surface area (Å²) in [6, 6.07) is 17.2. The normalized spacial score (nSPS) is 10.9. The number of carbonyl (C=O) groups excluding carboxylic acids is 2. The molecule has 3 N–H and O–H groups in total. The Bertz CT molecular complexity index is 1280. The van der Waals surface area contributed by atoms with Gasteiger partial charge in [0.05, 0.1) is 12.1 Å². The van der Waals surface area contributed by atoms with Crippen LogP contribution >= 0.6 is 0 Å². The van der Waals surface area contributed by atoms with Crippen molar-refractivity contribution in [3.63, 3.8) is 0 Å². The number of amides is 2. The molecule has 4 aromatic rings. The Balaban J connectivity index is 1.58. The van der Waals surface area contributed by atoms with Gasteiger partial charge in [-0.3, -0.25) is 14.3 Å². The Hall–Kier alpha value is -4.07. The predicted molar refractivity (Wildman–Crippen MR) is 108 cm³/mol. The quantitative estimate of drug-likeness (QED) is 0.529. The van der Waals surface area contributed by atoms with Crippen molar-refractivity contribution >= 4 is 28.4 Å². The summed E-state index contributed by atoms with van der Waals surface area (Å²) in [7, 11) is 0. The number of aromatic nitrogens is 2. The van der Waals surface area contributed by atoms with Crippen LogP contribution in [0.2, 0.25) is 0 Å². The minimum atomic E-state index is -1.09. The third-order valence-electron chi connectivity index (χ3n) is 4.59. The number of fused-ring (bicyclic) bond motifs is 1. The lowest BCUT2D eigenvalue weighted by atomic mass is 10.1. The van der Waals surface area contributed by atoms with E-state index in [1.165, 1.54) is 6.07 Å². The summed E-state index contributed by atoms with van der Waals surface area (Å²) in [5.74, 6) is -3.29. The molecule has 0 spiro atoms. The van der Waals surface area contributed by atoms with Gasteiger partial charge < -0.3 is 11.1 Å². The van der Waals surface area contributed by atoms with Gasteiger partial charge in [-0.1, -0.05) is 30.3 Å². The van der Waals surface area contributed by atoms with Gasteiger partial charge in [-0.15, -0.1) is 0 Å². The van der Waals surface area contributed by atoms with Gasteiger partial charge in [0.1, 0.15) is 0 Å². The number of hydrogen-bond donors (Lipinski definition) is 2. The number of halogens is 2. The highest BCUT2D eigenvalue weighted by molar-refractivity contribution is 6.04. The number of primary amides is 1. The second-order valence-electron chi connectivity index (χ2n) is 6.67. The van der Waals surface area contributed by atoms with Crippen molar-refractivity contribution in [3.8, 4) is 0 Å². The predicted octanol–water partition coefficient (Wildman–Crippen LogP) is 3.71. The number of benzene rings is 3. The lowest BCUT2D eigenvalue weighted by Gasteiger charge is -2.09. The molecule has 2 amide bonds. The van der Waals surface area contributed by atoms with Gasteiger partial charge in [-0.2, -0.15) is 5.10 Å². The molecule has 0 aliphatic carbocycles. The van der Waals surface area contributed by atoms with E-state index < -0.39 is 23.4 Å². The van der Waals surface area contributed by atoms with Gasteiger partial charge in [-0.25, -0.2) is 8.78 Å². The van der Waals surface area contributed by atoms with Crippen molar-refractivity contribution in [2.75, 3.05) is 5.32 Å². The Kier molecular flexibility index (Phi) is 4.97. The van der Waals surface area contributed by atoms with Crippen LogP contribution in [0.5, 0.6) is 0 Å². The molecule has 1 aromatic heterocycles. The highest BCUT2D eigenvalue weighted by Gasteiger charge is 2.15. The van der Waals surface area contributed by atoms with Gasteiger partial charge in [-0.05, 0) is 42.0 Å². The Labute approximate surface area is 169 Å². The Morgan fingerprint density at radius 1 is 0.967 bits per heavy atom. The number of rotatable bonds is 5. The third kappa shape index (κ3) is 3.75. The van der Waals surface area contributed by atoms with Crippen LogP contribution in [0.3, 0.4) is 0 Å². The molecule has 0 saturated carbocycles. The largest absolute Gasteiger partial charge is 0.364 e. The first-order chi connectivity index (χ1) is 14.4. The Morgan fingerprint density at radius 3 is 2.53 bits per heavy atom. The number of hydrogen-bond acceptors (Lipinski definition) is 3. The van der Waals surface area contributed by atoms with E-state index in [2.05, 4.69) is 10.4 Å². The fourth-order valence-corrected chi connectivity index (χ4v) is 3.19. The van der Waals surface area contributed by atoms with E-state index in [1.807, 2.05) is 18.2 Å². The van der Waals surface area contributed by atoms with Crippen molar-refractivity contribution in [1.82, 2.24) is 9.78 Å². The molecule has 30 heavy (non-hydrogen) atoms. The molecular formula is C22H16F2N4O2. The summed E-state index contributed by atoms with van der Waals surface area (Å²) < 4.78 is 28.1. The van der Waals surface area contributed by atoms with Gasteiger partial charge >= 0.3 is 0 Å². The van der Waals surface area contributed by atoms with E-state index in [9.17, 15) is 18.4 Å². The van der Waals surface area contributed by atoms with E-state index >= 15 is 0 Å². The first kappa shape index (κ1) is 19.3. The van der Waals surface area contributed by atoms with Crippen LogP contribution < -0.4 is 11.1 Å². The van der Waals surface area contributed by atoms with Crippen molar-refractivity contribution in [2.45, 2.75) is 6.54 Å². The van der Waals surface area contributed by atoms with Crippen LogP contribution in [0.15, 0.2) is 66.7 Å². The van der Waals surface area contributed by atoms with Crippen LogP contribution in [0.1, 0.15) is 26.4 Å². The number of nitrogens with two attached hydrogens (primary N) is 1. The van der Waals surface area contributed by atoms with Crippen LogP contribution in [0.25, 0.3) is 10.9 Å². The zero-order valence-electron chi connectivity index (χ0n) is 15.6. The zero-order chi connectivity index (χ0) is 21.3. The number of nitrogens with zero attached hydrogens (tertiary/aromatic N) is 2. The number of para-hydroxylation sites is 1. The molecule has 0 aliphatic heterocycles. The molecule has 0 saturated heterocycles. The lowest BCUT2D eigenvalue weighted by molar-refractivity contribution is 0.0994. The summed E-state index contributed by atoms with van der Waals surface area (Å²) in [6.07, 6.45) is 0. The summed E-state index contributed by atoms with van der Waals surface area (Å²) in [6.45, 7) is 0.336. The van der Waals surface area contributed by atoms with Gasteiger partial charge in [0.15, 0.2) is 17.3 Å². The van der Waals surface area contributed by atoms with Crippen molar-refractivity contribution in [2.24, 2.45) is 5.73 Å². The molecule has 0 atom stereocenters. The van der Waals surface area contributed by atoms with Crippen molar-refractivity contribution < 1.29 is 18.4 Å². The topological polar surface area (TPSA) is 90.0 Å². The number of carbonyl (C=O) groups is 2. The molecule has 0 aliphatic rings. The minimum Gasteiger partial charge on any atom is -0.364 e.